The van der Waals surface area contributed by atoms with Gasteiger partial charge in [0.25, 0.3) is 10.0 Å². The summed E-state index contributed by atoms with van der Waals surface area (Å²) in [6, 6.07) is 24.9. The second-order valence-electron chi connectivity index (χ2n) is 6.86. The number of carbonyl (C=O) groups is 1. The molecule has 0 saturated heterocycles. The molecule has 8 heteroatoms. The third-order valence-corrected chi connectivity index (χ3v) is 7.50. The summed E-state index contributed by atoms with van der Waals surface area (Å²) in [4.78, 5) is 14.0. The number of benzene rings is 3. The molecule has 0 aliphatic rings. The van der Waals surface area contributed by atoms with E-state index in [-0.39, 0.29) is 17.3 Å². The van der Waals surface area contributed by atoms with E-state index in [0.717, 1.165) is 16.5 Å². The Bertz CT molecular complexity index is 1110. The summed E-state index contributed by atoms with van der Waals surface area (Å²) in [6.07, 6.45) is 0.769. The van der Waals surface area contributed by atoms with Gasteiger partial charge in [0.1, 0.15) is 12.3 Å². The van der Waals surface area contributed by atoms with Gasteiger partial charge in [-0.3, -0.25) is 9.10 Å². The van der Waals surface area contributed by atoms with Crippen molar-refractivity contribution >= 4 is 33.4 Å². The van der Waals surface area contributed by atoms with E-state index in [2.05, 4.69) is 5.32 Å². The maximum Gasteiger partial charge on any atom is 0.264 e. The Balaban J connectivity index is 1.68. The number of sulfonamides is 1. The quantitative estimate of drug-likeness (QED) is 0.336. The molecular formula is C24H26N2O4S2. The Hall–Kier alpha value is -2.97. The fraction of sp³-hybridized carbons (Fsp3) is 0.208. The molecule has 3 rings (SSSR count). The summed E-state index contributed by atoms with van der Waals surface area (Å²) >= 11 is 1.72. The summed E-state index contributed by atoms with van der Waals surface area (Å²) in [7, 11) is -2.50. The highest BCUT2D eigenvalue weighted by molar-refractivity contribution is 7.99. The van der Waals surface area contributed by atoms with Crippen LogP contribution in [0.1, 0.15) is 6.42 Å². The Kier molecular flexibility index (Phi) is 8.58. The summed E-state index contributed by atoms with van der Waals surface area (Å²) in [5, 5.41) is 2.83. The number of para-hydroxylation sites is 2. The topological polar surface area (TPSA) is 75.7 Å². The zero-order chi connectivity index (χ0) is 22.8. The van der Waals surface area contributed by atoms with E-state index in [1.54, 1.807) is 54.2 Å². The van der Waals surface area contributed by atoms with Crippen LogP contribution < -0.4 is 14.4 Å². The maximum absolute atomic E-state index is 13.4. The lowest BCUT2D eigenvalue weighted by molar-refractivity contribution is -0.119. The average Bonchev–Trinajstić information content (AvgIpc) is 2.83. The highest BCUT2D eigenvalue weighted by Crippen LogP contribution is 2.32. The molecule has 0 radical (unpaired) electrons. The smallest absolute Gasteiger partial charge is 0.264 e. The van der Waals surface area contributed by atoms with Crippen LogP contribution in [0.5, 0.6) is 5.75 Å². The van der Waals surface area contributed by atoms with Gasteiger partial charge in [0.05, 0.1) is 17.7 Å². The Morgan fingerprint density at radius 2 is 1.56 bits per heavy atom. The van der Waals surface area contributed by atoms with Crippen molar-refractivity contribution in [2.75, 3.05) is 30.3 Å². The minimum Gasteiger partial charge on any atom is -0.495 e. The lowest BCUT2D eigenvalue weighted by Crippen LogP contribution is -2.41. The lowest BCUT2D eigenvalue weighted by Gasteiger charge is -2.25. The van der Waals surface area contributed by atoms with Crippen LogP contribution in [-0.4, -0.2) is 40.3 Å². The van der Waals surface area contributed by atoms with Gasteiger partial charge < -0.3 is 10.1 Å². The molecule has 168 valence electrons. The van der Waals surface area contributed by atoms with Gasteiger partial charge in [0, 0.05) is 11.4 Å². The van der Waals surface area contributed by atoms with Crippen molar-refractivity contribution in [2.24, 2.45) is 0 Å². The number of nitrogens with zero attached hydrogens (tertiary/aromatic N) is 1. The van der Waals surface area contributed by atoms with Crippen LogP contribution in [0.3, 0.4) is 0 Å². The molecule has 3 aromatic rings. The Morgan fingerprint density at radius 1 is 0.938 bits per heavy atom. The summed E-state index contributed by atoms with van der Waals surface area (Å²) in [5.74, 6) is 0.849. The SMILES string of the molecule is COc1ccccc1N(CC(=O)NCCCSc1ccccc1)S(=O)(=O)c1ccccc1. The van der Waals surface area contributed by atoms with Crippen LogP contribution in [0.25, 0.3) is 0 Å². The van der Waals surface area contributed by atoms with Gasteiger partial charge in [-0.15, -0.1) is 11.8 Å². The first-order chi connectivity index (χ1) is 15.5. The Morgan fingerprint density at radius 3 is 2.25 bits per heavy atom. The molecule has 32 heavy (non-hydrogen) atoms. The molecular weight excluding hydrogens is 444 g/mol. The van der Waals surface area contributed by atoms with Crippen molar-refractivity contribution in [3.8, 4) is 5.75 Å². The van der Waals surface area contributed by atoms with Gasteiger partial charge in [0.2, 0.25) is 5.91 Å². The maximum atomic E-state index is 13.4. The number of ether oxygens (including phenoxy) is 1. The summed E-state index contributed by atoms with van der Waals surface area (Å²) < 4.78 is 33.2. The van der Waals surface area contributed by atoms with Crippen LogP contribution >= 0.6 is 11.8 Å². The predicted octanol–water partition coefficient (Wildman–Crippen LogP) is 4.19. The van der Waals surface area contributed by atoms with Gasteiger partial charge in [-0.2, -0.15) is 0 Å². The van der Waals surface area contributed by atoms with Crippen LogP contribution in [0.4, 0.5) is 5.69 Å². The second-order valence-corrected chi connectivity index (χ2v) is 9.89. The minimum absolute atomic E-state index is 0.109. The highest BCUT2D eigenvalue weighted by Gasteiger charge is 2.29. The van der Waals surface area contributed by atoms with Crippen molar-refractivity contribution in [3.05, 3.63) is 84.9 Å². The highest BCUT2D eigenvalue weighted by atomic mass is 32.2. The van der Waals surface area contributed by atoms with Crippen molar-refractivity contribution in [3.63, 3.8) is 0 Å². The predicted molar refractivity (Wildman–Crippen MR) is 129 cm³/mol. The second kappa shape index (κ2) is 11.6. The number of amides is 1. The molecule has 0 heterocycles. The fourth-order valence-electron chi connectivity index (χ4n) is 3.05. The van der Waals surface area contributed by atoms with E-state index in [1.807, 2.05) is 30.3 Å². The number of methoxy groups -OCH3 is 1. The van der Waals surface area contributed by atoms with Crippen LogP contribution in [0.2, 0.25) is 0 Å². The van der Waals surface area contributed by atoms with Gasteiger partial charge in [-0.05, 0) is 48.6 Å². The number of nitrogens with one attached hydrogen (secondary N) is 1. The largest absolute Gasteiger partial charge is 0.495 e. The van der Waals surface area contributed by atoms with E-state index < -0.39 is 10.0 Å². The van der Waals surface area contributed by atoms with Crippen LogP contribution in [0, 0.1) is 0 Å². The van der Waals surface area contributed by atoms with Gasteiger partial charge in [-0.25, -0.2) is 8.42 Å². The van der Waals surface area contributed by atoms with Crippen molar-refractivity contribution in [1.29, 1.82) is 0 Å². The molecule has 0 aliphatic heterocycles. The molecule has 0 bridgehead atoms. The molecule has 0 aliphatic carbocycles. The number of hydrogen-bond acceptors (Lipinski definition) is 5. The van der Waals surface area contributed by atoms with E-state index in [0.29, 0.717) is 18.0 Å². The fourth-order valence-corrected chi connectivity index (χ4v) is 5.37. The van der Waals surface area contributed by atoms with E-state index in [9.17, 15) is 13.2 Å². The van der Waals surface area contributed by atoms with Crippen LogP contribution in [0.15, 0.2) is 94.7 Å². The monoisotopic (exact) mass is 470 g/mol. The molecule has 0 aromatic heterocycles. The Labute approximate surface area is 193 Å². The number of anilines is 1. The molecule has 0 unspecified atom stereocenters. The van der Waals surface area contributed by atoms with Crippen LogP contribution in [-0.2, 0) is 14.8 Å². The van der Waals surface area contributed by atoms with Gasteiger partial charge in [0.15, 0.2) is 0 Å². The first kappa shape index (κ1) is 23.7. The van der Waals surface area contributed by atoms with Crippen molar-refractivity contribution < 1.29 is 17.9 Å². The molecule has 1 N–H and O–H groups in total. The van der Waals surface area contributed by atoms with Gasteiger partial charge >= 0.3 is 0 Å². The zero-order valence-corrected chi connectivity index (χ0v) is 19.4. The zero-order valence-electron chi connectivity index (χ0n) is 17.8. The van der Waals surface area contributed by atoms with Crippen molar-refractivity contribution in [1.82, 2.24) is 5.32 Å². The molecule has 0 spiro atoms. The molecule has 1 amide bonds. The first-order valence-corrected chi connectivity index (χ1v) is 12.6. The average molecular weight is 471 g/mol. The van der Waals surface area contributed by atoms with Gasteiger partial charge in [-0.1, -0.05) is 48.5 Å². The molecule has 0 atom stereocenters. The number of carbonyl (C=O) groups excluding carboxylic acids is 1. The molecule has 3 aromatic carbocycles. The van der Waals surface area contributed by atoms with E-state index >= 15 is 0 Å². The standard InChI is InChI=1S/C24H26N2O4S2/c1-30-23-16-9-8-15-22(23)26(32(28,29)21-13-6-3-7-14-21)19-24(27)25-17-10-18-31-20-11-4-2-5-12-20/h2-9,11-16H,10,17-19H2,1H3,(H,25,27). The lowest BCUT2D eigenvalue weighted by atomic mass is 10.3. The van der Waals surface area contributed by atoms with E-state index in [4.69, 9.17) is 4.74 Å². The molecule has 0 fully saturated rings. The van der Waals surface area contributed by atoms with Crippen molar-refractivity contribution in [2.45, 2.75) is 16.2 Å². The number of rotatable bonds is 11. The third-order valence-electron chi connectivity index (χ3n) is 4.63. The summed E-state index contributed by atoms with van der Waals surface area (Å²) in [6.45, 7) is 0.118. The van der Waals surface area contributed by atoms with E-state index in [1.165, 1.54) is 24.1 Å². The normalized spacial score (nSPS) is 11.0. The first-order valence-electron chi connectivity index (χ1n) is 10.2. The third kappa shape index (κ3) is 6.27. The number of hydrogen-bond donors (Lipinski definition) is 1. The number of thioether (sulfide) groups is 1. The molecule has 0 saturated carbocycles. The minimum atomic E-state index is -3.96. The molecule has 6 nitrogen and oxygen atoms in total. The summed E-state index contributed by atoms with van der Waals surface area (Å²) in [5.41, 5.74) is 0.314.